The fourth-order valence-corrected chi connectivity index (χ4v) is 5.40. The highest BCUT2D eigenvalue weighted by atomic mass is 19.1. The van der Waals surface area contributed by atoms with E-state index in [0.29, 0.717) is 13.0 Å². The molecule has 1 amide bonds. The number of piperidine rings is 1. The van der Waals surface area contributed by atoms with Crippen molar-refractivity contribution in [2.45, 2.75) is 50.2 Å². The Balaban J connectivity index is 1.37. The first-order valence-corrected chi connectivity index (χ1v) is 10.6. The standard InChI is InChI=1S/C23H27FN4O/c24-20-8-5-11-25-21(20)26-19-14-23(10-3-4-12-28(23)16-19)22(29)27-13-9-17-6-1-2-7-18(17)15-27/h1-2,5-8,11,19H,3-4,9-10,12-16H2,(H,25,26)/t19-,23-/m0/s1. The van der Waals surface area contributed by atoms with Crippen molar-refractivity contribution in [2.24, 2.45) is 0 Å². The van der Waals surface area contributed by atoms with E-state index in [1.165, 1.54) is 17.2 Å². The number of nitrogens with one attached hydrogen (secondary N) is 1. The summed E-state index contributed by atoms with van der Waals surface area (Å²) >= 11 is 0. The first-order valence-electron chi connectivity index (χ1n) is 10.6. The van der Waals surface area contributed by atoms with Gasteiger partial charge in [-0.1, -0.05) is 24.3 Å². The Bertz CT molecular complexity index is 919. The molecule has 2 aromatic rings. The number of anilines is 1. The Morgan fingerprint density at radius 2 is 2.00 bits per heavy atom. The molecule has 152 valence electrons. The number of pyridine rings is 1. The van der Waals surface area contributed by atoms with Gasteiger partial charge in [0.05, 0.1) is 0 Å². The fraction of sp³-hybridized carbons (Fsp3) is 0.478. The Morgan fingerprint density at radius 3 is 2.86 bits per heavy atom. The summed E-state index contributed by atoms with van der Waals surface area (Å²) in [5.41, 5.74) is 2.15. The second-order valence-corrected chi connectivity index (χ2v) is 8.56. The van der Waals surface area contributed by atoms with Gasteiger partial charge >= 0.3 is 0 Å². The lowest BCUT2D eigenvalue weighted by atomic mass is 9.83. The molecule has 3 aliphatic heterocycles. The molecule has 1 N–H and O–H groups in total. The molecule has 1 aromatic carbocycles. The molecular formula is C23H27FN4O. The minimum absolute atomic E-state index is 0.0264. The number of nitrogens with zero attached hydrogens (tertiary/aromatic N) is 3. The highest BCUT2D eigenvalue weighted by Crippen LogP contribution is 2.41. The van der Waals surface area contributed by atoms with Gasteiger partial charge < -0.3 is 10.2 Å². The van der Waals surface area contributed by atoms with Gasteiger partial charge in [0.15, 0.2) is 11.6 Å². The molecule has 5 rings (SSSR count). The summed E-state index contributed by atoms with van der Waals surface area (Å²) < 4.78 is 14.1. The van der Waals surface area contributed by atoms with Crippen LogP contribution in [0.15, 0.2) is 42.6 Å². The van der Waals surface area contributed by atoms with Crippen LogP contribution in [0.25, 0.3) is 0 Å². The van der Waals surface area contributed by atoms with Crippen molar-refractivity contribution >= 4 is 11.7 Å². The Kier molecular flexibility index (Phi) is 4.74. The van der Waals surface area contributed by atoms with E-state index in [0.717, 1.165) is 45.3 Å². The van der Waals surface area contributed by atoms with Gasteiger partial charge in [-0.3, -0.25) is 9.69 Å². The van der Waals surface area contributed by atoms with Crippen LogP contribution < -0.4 is 5.32 Å². The minimum atomic E-state index is -0.465. The van der Waals surface area contributed by atoms with Crippen LogP contribution in [0.1, 0.15) is 36.8 Å². The molecule has 0 spiro atoms. The van der Waals surface area contributed by atoms with Crippen LogP contribution in [0, 0.1) is 5.82 Å². The first-order chi connectivity index (χ1) is 14.2. The molecule has 6 heteroatoms. The average Bonchev–Trinajstić information content (AvgIpc) is 3.13. The van der Waals surface area contributed by atoms with E-state index < -0.39 is 5.54 Å². The summed E-state index contributed by atoms with van der Waals surface area (Å²) in [6.07, 6.45) is 6.28. The van der Waals surface area contributed by atoms with Gasteiger partial charge in [-0.2, -0.15) is 0 Å². The predicted octanol–water partition coefficient (Wildman–Crippen LogP) is 3.21. The number of aromatic nitrogens is 1. The summed E-state index contributed by atoms with van der Waals surface area (Å²) in [7, 11) is 0. The Labute approximate surface area is 170 Å². The van der Waals surface area contributed by atoms with Crippen LogP contribution in [0.2, 0.25) is 0 Å². The van der Waals surface area contributed by atoms with Crippen molar-refractivity contribution < 1.29 is 9.18 Å². The molecule has 2 fully saturated rings. The lowest BCUT2D eigenvalue weighted by molar-refractivity contribution is -0.146. The summed E-state index contributed by atoms with van der Waals surface area (Å²) in [6.45, 7) is 3.15. The van der Waals surface area contributed by atoms with E-state index in [1.54, 1.807) is 12.3 Å². The molecule has 5 nitrogen and oxygen atoms in total. The first kappa shape index (κ1) is 18.6. The normalized spacial score (nSPS) is 26.7. The van der Waals surface area contributed by atoms with E-state index in [2.05, 4.69) is 39.5 Å². The van der Waals surface area contributed by atoms with Gasteiger partial charge in [0, 0.05) is 31.9 Å². The minimum Gasteiger partial charge on any atom is -0.364 e. The van der Waals surface area contributed by atoms with Gasteiger partial charge in [-0.25, -0.2) is 9.37 Å². The Morgan fingerprint density at radius 1 is 1.14 bits per heavy atom. The quantitative estimate of drug-likeness (QED) is 0.869. The molecule has 2 saturated heterocycles. The lowest BCUT2D eigenvalue weighted by Gasteiger charge is -2.44. The van der Waals surface area contributed by atoms with Crippen molar-refractivity contribution in [1.29, 1.82) is 0 Å². The van der Waals surface area contributed by atoms with Gasteiger partial charge in [0.25, 0.3) is 0 Å². The maximum atomic E-state index is 14.1. The van der Waals surface area contributed by atoms with Crippen molar-refractivity contribution in [3.05, 3.63) is 59.5 Å². The predicted molar refractivity (Wildman–Crippen MR) is 110 cm³/mol. The number of fused-ring (bicyclic) bond motifs is 2. The van der Waals surface area contributed by atoms with Crippen molar-refractivity contribution in [3.63, 3.8) is 0 Å². The zero-order valence-electron chi connectivity index (χ0n) is 16.6. The third-order valence-corrected chi connectivity index (χ3v) is 6.81. The van der Waals surface area contributed by atoms with E-state index >= 15 is 0 Å². The van der Waals surface area contributed by atoms with Crippen LogP contribution in [-0.4, -0.2) is 51.9 Å². The molecule has 0 radical (unpaired) electrons. The zero-order chi connectivity index (χ0) is 19.8. The van der Waals surface area contributed by atoms with Gasteiger partial charge in [-0.05, 0) is 61.9 Å². The number of carbonyl (C=O) groups is 1. The molecule has 1 aromatic heterocycles. The van der Waals surface area contributed by atoms with Gasteiger partial charge in [0.2, 0.25) is 5.91 Å². The topological polar surface area (TPSA) is 48.5 Å². The molecule has 0 unspecified atom stereocenters. The van der Waals surface area contributed by atoms with E-state index in [4.69, 9.17) is 0 Å². The number of hydrogen-bond donors (Lipinski definition) is 1. The molecular weight excluding hydrogens is 367 g/mol. The van der Waals surface area contributed by atoms with Crippen LogP contribution >= 0.6 is 0 Å². The fourth-order valence-electron chi connectivity index (χ4n) is 5.40. The molecule has 2 atom stereocenters. The van der Waals surface area contributed by atoms with Crippen LogP contribution in [0.5, 0.6) is 0 Å². The Hall–Kier alpha value is -2.47. The van der Waals surface area contributed by atoms with E-state index in [1.807, 2.05) is 4.90 Å². The van der Waals surface area contributed by atoms with E-state index in [9.17, 15) is 9.18 Å². The zero-order valence-corrected chi connectivity index (χ0v) is 16.6. The second kappa shape index (κ2) is 7.41. The molecule has 29 heavy (non-hydrogen) atoms. The third kappa shape index (κ3) is 3.29. The van der Waals surface area contributed by atoms with Crippen molar-refractivity contribution in [3.8, 4) is 0 Å². The van der Waals surface area contributed by atoms with Gasteiger partial charge in [-0.15, -0.1) is 0 Å². The van der Waals surface area contributed by atoms with Crippen LogP contribution in [-0.2, 0) is 17.8 Å². The van der Waals surface area contributed by atoms with Crippen LogP contribution in [0.3, 0.4) is 0 Å². The highest BCUT2D eigenvalue weighted by molar-refractivity contribution is 5.87. The average molecular weight is 394 g/mol. The monoisotopic (exact) mass is 394 g/mol. The second-order valence-electron chi connectivity index (χ2n) is 8.56. The summed E-state index contributed by atoms with van der Waals surface area (Å²) in [5, 5.41) is 3.27. The van der Waals surface area contributed by atoms with E-state index in [-0.39, 0.29) is 23.6 Å². The lowest BCUT2D eigenvalue weighted by Crippen LogP contribution is -2.59. The third-order valence-electron chi connectivity index (χ3n) is 6.81. The molecule has 3 aliphatic rings. The largest absolute Gasteiger partial charge is 0.364 e. The number of benzene rings is 1. The summed E-state index contributed by atoms with van der Waals surface area (Å²) in [4.78, 5) is 22.3. The number of carbonyl (C=O) groups excluding carboxylic acids is 1. The summed E-state index contributed by atoms with van der Waals surface area (Å²) in [5.74, 6) is 0.190. The number of amides is 1. The smallest absolute Gasteiger partial charge is 0.243 e. The highest BCUT2D eigenvalue weighted by Gasteiger charge is 2.53. The molecule has 0 aliphatic carbocycles. The molecule has 0 bridgehead atoms. The molecule has 4 heterocycles. The van der Waals surface area contributed by atoms with Crippen molar-refractivity contribution in [2.75, 3.05) is 25.0 Å². The number of hydrogen-bond acceptors (Lipinski definition) is 4. The van der Waals surface area contributed by atoms with Crippen LogP contribution in [0.4, 0.5) is 10.2 Å². The van der Waals surface area contributed by atoms with Gasteiger partial charge in [0.1, 0.15) is 5.54 Å². The summed E-state index contributed by atoms with van der Waals surface area (Å²) in [6, 6.07) is 11.5. The number of halogens is 1. The maximum Gasteiger partial charge on any atom is 0.243 e. The SMILES string of the molecule is O=C(N1CCc2ccccc2C1)[C@@]12CCCCN1C[C@@H](Nc1ncccc1F)C2. The maximum absolute atomic E-state index is 14.1. The number of rotatable bonds is 3. The van der Waals surface area contributed by atoms with Crippen molar-refractivity contribution in [1.82, 2.24) is 14.8 Å². The molecule has 0 saturated carbocycles.